The topological polar surface area (TPSA) is 167 Å². The minimum atomic E-state index is -4.60. The molecule has 4 heterocycles. The van der Waals surface area contributed by atoms with Gasteiger partial charge in [0, 0.05) is 47.9 Å². The lowest BCUT2D eigenvalue weighted by Gasteiger charge is -2.24. The SMILES string of the molecule is Cc1nnc(NC(=O)C(=O)N2CCC3(CCN(C(=O)c4ccc(Nc5nc(NC6(c7ccc(Cl)cc7)CC6)nc(OCC(F)(F)F)n5)cc4)C3)C2)s1. The molecule has 7 rings (SSSR count). The third kappa shape index (κ3) is 8.02. The molecular weight excluding hydrogens is 725 g/mol. The smallest absolute Gasteiger partial charge is 0.422 e. The highest BCUT2D eigenvalue weighted by Crippen LogP contribution is 2.48. The van der Waals surface area contributed by atoms with Crippen molar-refractivity contribution >= 4 is 63.4 Å². The first kappa shape index (κ1) is 35.3. The zero-order valence-electron chi connectivity index (χ0n) is 27.7. The van der Waals surface area contributed by atoms with Crippen molar-refractivity contribution in [2.45, 2.75) is 44.3 Å². The predicted molar refractivity (Wildman–Crippen MR) is 185 cm³/mol. The van der Waals surface area contributed by atoms with Gasteiger partial charge in [0.1, 0.15) is 5.01 Å². The van der Waals surface area contributed by atoms with Crippen molar-refractivity contribution in [3.63, 3.8) is 0 Å². The third-order valence-corrected chi connectivity index (χ3v) is 10.3. The molecule has 1 spiro atoms. The summed E-state index contributed by atoms with van der Waals surface area (Å²) in [5.41, 5.74) is 0.997. The summed E-state index contributed by atoms with van der Waals surface area (Å²) in [7, 11) is 0. The van der Waals surface area contributed by atoms with Crippen LogP contribution in [-0.2, 0) is 15.1 Å². The Balaban J connectivity index is 0.988. The van der Waals surface area contributed by atoms with Gasteiger partial charge in [-0.25, -0.2) is 0 Å². The maximum atomic E-state index is 13.5. The third-order valence-electron chi connectivity index (χ3n) is 9.26. The number of aryl methyl sites for hydroxylation is 1. The minimum Gasteiger partial charge on any atom is -0.454 e. The van der Waals surface area contributed by atoms with E-state index in [1.807, 2.05) is 12.1 Å². The van der Waals surface area contributed by atoms with Crippen LogP contribution in [0.4, 0.5) is 35.9 Å². The number of rotatable bonds is 9. The van der Waals surface area contributed by atoms with Crippen LogP contribution in [0.25, 0.3) is 0 Å². The quantitative estimate of drug-likeness (QED) is 0.193. The van der Waals surface area contributed by atoms with Crippen LogP contribution in [0.1, 0.15) is 46.6 Å². The molecule has 52 heavy (non-hydrogen) atoms. The van der Waals surface area contributed by atoms with Gasteiger partial charge >= 0.3 is 24.0 Å². The number of anilines is 4. The van der Waals surface area contributed by atoms with Crippen LogP contribution in [0.15, 0.2) is 48.5 Å². The number of halogens is 4. The lowest BCUT2D eigenvalue weighted by atomic mass is 9.86. The molecule has 14 nitrogen and oxygen atoms in total. The van der Waals surface area contributed by atoms with Crippen LogP contribution in [0.2, 0.25) is 5.02 Å². The van der Waals surface area contributed by atoms with E-state index in [0.717, 1.165) is 18.4 Å². The first-order valence-corrected chi connectivity index (χ1v) is 17.5. The number of hydrogen-bond acceptors (Lipinski definition) is 12. The summed E-state index contributed by atoms with van der Waals surface area (Å²) in [5.74, 6) is -1.64. The highest BCUT2D eigenvalue weighted by Gasteiger charge is 2.47. The number of ether oxygens (including phenoxy) is 1. The molecule has 3 fully saturated rings. The Labute approximate surface area is 304 Å². The normalized spacial score (nSPS) is 19.1. The van der Waals surface area contributed by atoms with Crippen molar-refractivity contribution in [2.24, 2.45) is 5.41 Å². The Morgan fingerprint density at radius 3 is 2.23 bits per heavy atom. The number of nitrogens with zero attached hydrogens (tertiary/aromatic N) is 7. The summed E-state index contributed by atoms with van der Waals surface area (Å²) >= 11 is 7.22. The summed E-state index contributed by atoms with van der Waals surface area (Å²) < 4.78 is 43.8. The van der Waals surface area contributed by atoms with E-state index in [4.69, 9.17) is 16.3 Å². The van der Waals surface area contributed by atoms with Gasteiger partial charge in [-0.2, -0.15) is 28.1 Å². The average Bonchev–Trinajstić information content (AvgIpc) is 3.39. The molecule has 0 radical (unpaired) electrons. The fourth-order valence-corrected chi connectivity index (χ4v) is 7.18. The molecule has 3 N–H and O–H groups in total. The molecule has 272 valence electrons. The highest BCUT2D eigenvalue weighted by molar-refractivity contribution is 7.15. The maximum Gasteiger partial charge on any atom is 0.422 e. The maximum absolute atomic E-state index is 13.5. The number of aromatic nitrogens is 5. The molecule has 1 aliphatic carbocycles. The van der Waals surface area contributed by atoms with Gasteiger partial charge in [-0.1, -0.05) is 35.1 Å². The summed E-state index contributed by atoms with van der Waals surface area (Å²) in [6.07, 6.45) is -1.76. The fraction of sp³-hybridized carbons (Fsp3) is 0.394. The lowest BCUT2D eigenvalue weighted by molar-refractivity contribution is -0.154. The van der Waals surface area contributed by atoms with Gasteiger partial charge in [-0.3, -0.25) is 19.7 Å². The Hall–Kier alpha value is -5.10. The lowest BCUT2D eigenvalue weighted by Crippen LogP contribution is -2.40. The second kappa shape index (κ2) is 13.8. The van der Waals surface area contributed by atoms with Gasteiger partial charge in [-0.05, 0) is 74.6 Å². The molecular formula is C33H32ClF3N10O4S. The highest BCUT2D eigenvalue weighted by atomic mass is 35.5. The van der Waals surface area contributed by atoms with Gasteiger partial charge in [-0.15, -0.1) is 10.2 Å². The van der Waals surface area contributed by atoms with E-state index in [2.05, 4.69) is 41.1 Å². The summed E-state index contributed by atoms with van der Waals surface area (Å²) in [6.45, 7) is 1.86. The monoisotopic (exact) mass is 756 g/mol. The van der Waals surface area contributed by atoms with Crippen LogP contribution in [0, 0.1) is 12.3 Å². The van der Waals surface area contributed by atoms with Gasteiger partial charge < -0.3 is 25.2 Å². The zero-order valence-corrected chi connectivity index (χ0v) is 29.2. The second-order valence-electron chi connectivity index (χ2n) is 13.1. The van der Waals surface area contributed by atoms with E-state index >= 15 is 0 Å². The van der Waals surface area contributed by atoms with Crippen molar-refractivity contribution in [1.82, 2.24) is 34.9 Å². The first-order valence-electron chi connectivity index (χ1n) is 16.3. The van der Waals surface area contributed by atoms with Crippen molar-refractivity contribution in [2.75, 3.05) is 48.7 Å². The molecule has 2 aliphatic heterocycles. The van der Waals surface area contributed by atoms with Gasteiger partial charge in [0.05, 0.1) is 5.54 Å². The Morgan fingerprint density at radius 2 is 1.58 bits per heavy atom. The molecule has 2 aromatic carbocycles. The Morgan fingerprint density at radius 1 is 0.904 bits per heavy atom. The second-order valence-corrected chi connectivity index (χ2v) is 14.7. The number of likely N-dealkylation sites (tertiary alicyclic amines) is 2. The molecule has 0 bridgehead atoms. The Kier molecular flexibility index (Phi) is 9.37. The summed E-state index contributed by atoms with van der Waals surface area (Å²) in [4.78, 5) is 54.6. The van der Waals surface area contributed by atoms with E-state index in [-0.39, 0.29) is 28.4 Å². The van der Waals surface area contributed by atoms with Crippen molar-refractivity contribution in [1.29, 1.82) is 0 Å². The number of alkyl halides is 3. The van der Waals surface area contributed by atoms with Gasteiger partial charge in [0.15, 0.2) is 6.61 Å². The largest absolute Gasteiger partial charge is 0.454 e. The van der Waals surface area contributed by atoms with Crippen molar-refractivity contribution < 1.29 is 32.3 Å². The fourth-order valence-electron chi connectivity index (χ4n) is 6.47. The zero-order chi connectivity index (χ0) is 36.7. The first-order chi connectivity index (χ1) is 24.8. The molecule has 4 aromatic rings. The molecule has 3 amide bonds. The van der Waals surface area contributed by atoms with E-state index in [9.17, 15) is 27.6 Å². The van der Waals surface area contributed by atoms with E-state index in [1.54, 1.807) is 48.2 Å². The Bertz CT molecular complexity index is 1990. The number of hydrogen-bond donors (Lipinski definition) is 3. The number of carbonyl (C=O) groups is 3. The molecule has 1 unspecified atom stereocenters. The molecule has 19 heteroatoms. The van der Waals surface area contributed by atoms with Gasteiger partial charge in [0.2, 0.25) is 17.0 Å². The molecule has 1 atom stereocenters. The number of amides is 3. The van der Waals surface area contributed by atoms with E-state index < -0.39 is 36.1 Å². The number of benzene rings is 2. The van der Waals surface area contributed by atoms with E-state index in [0.29, 0.717) is 60.3 Å². The van der Waals surface area contributed by atoms with Crippen molar-refractivity contribution in [3.8, 4) is 6.01 Å². The van der Waals surface area contributed by atoms with Gasteiger partial charge in [0.25, 0.3) is 5.91 Å². The number of nitrogens with one attached hydrogen (secondary N) is 3. The van der Waals surface area contributed by atoms with Crippen LogP contribution < -0.4 is 20.7 Å². The minimum absolute atomic E-state index is 0.0246. The number of carbonyl (C=O) groups excluding carboxylic acids is 3. The van der Waals surface area contributed by atoms with Crippen molar-refractivity contribution in [3.05, 3.63) is 69.7 Å². The summed E-state index contributed by atoms with van der Waals surface area (Å²) in [5, 5.41) is 17.9. The van der Waals surface area contributed by atoms with Crippen LogP contribution >= 0.6 is 22.9 Å². The molecule has 1 saturated carbocycles. The molecule has 2 aromatic heterocycles. The molecule has 3 aliphatic rings. The van der Waals surface area contributed by atoms with Crippen LogP contribution in [0.3, 0.4) is 0 Å². The van der Waals surface area contributed by atoms with E-state index in [1.165, 1.54) is 16.2 Å². The van der Waals surface area contributed by atoms with Crippen LogP contribution in [0.5, 0.6) is 6.01 Å². The predicted octanol–water partition coefficient (Wildman–Crippen LogP) is 5.17. The van der Waals surface area contributed by atoms with Crippen LogP contribution in [-0.4, -0.2) is 91.6 Å². The standard InChI is InChI=1S/C33H32ClF3N10O4S/c1-19-44-45-30(52-19)39-24(48)26(50)47-15-13-31(17-47)12-14-46(16-31)25(49)20-2-8-23(9-3-20)38-27-40-28(42-29(41-27)51-18-33(35,36)37)43-32(10-11-32)21-4-6-22(34)7-5-21/h2-9H,10-18H2,1H3,(H,39,45,48)(H2,38,40,41,42,43). The summed E-state index contributed by atoms with van der Waals surface area (Å²) in [6, 6.07) is 13.2. The molecule has 2 saturated heterocycles. The average molecular weight is 757 g/mol.